The highest BCUT2D eigenvalue weighted by atomic mass is 15.3. The average molecular weight is 274 g/mol. The monoisotopic (exact) mass is 274 g/mol. The van der Waals surface area contributed by atoms with Crippen LogP contribution in [0.2, 0.25) is 0 Å². The SMILES string of the molecule is Cc1nn(CCCC(C)(C)C#N)c(C)c1CNC1CC1. The molecule has 0 atom stereocenters. The molecule has 1 heterocycles. The first-order chi connectivity index (χ1) is 9.43. The molecule has 0 radical (unpaired) electrons. The number of nitrogens with one attached hydrogen (secondary N) is 1. The molecule has 110 valence electrons. The second-order valence-electron chi connectivity index (χ2n) is 6.63. The summed E-state index contributed by atoms with van der Waals surface area (Å²) in [7, 11) is 0. The summed E-state index contributed by atoms with van der Waals surface area (Å²) in [4.78, 5) is 0. The van der Waals surface area contributed by atoms with E-state index in [0.717, 1.165) is 37.7 Å². The molecular formula is C16H26N4. The van der Waals surface area contributed by atoms with Crippen LogP contribution in [0.25, 0.3) is 0 Å². The summed E-state index contributed by atoms with van der Waals surface area (Å²) in [6.45, 7) is 10.1. The van der Waals surface area contributed by atoms with Crippen LogP contribution in [0.1, 0.15) is 56.5 Å². The minimum atomic E-state index is -0.230. The molecule has 1 fully saturated rings. The molecule has 4 nitrogen and oxygen atoms in total. The smallest absolute Gasteiger partial charge is 0.0683 e. The summed E-state index contributed by atoms with van der Waals surface area (Å²) in [5.74, 6) is 0. The first-order valence-corrected chi connectivity index (χ1v) is 7.60. The van der Waals surface area contributed by atoms with Crippen LogP contribution >= 0.6 is 0 Å². The highest BCUT2D eigenvalue weighted by Crippen LogP contribution is 2.23. The Hall–Kier alpha value is -1.34. The van der Waals surface area contributed by atoms with E-state index >= 15 is 0 Å². The van der Waals surface area contributed by atoms with Crippen molar-refractivity contribution in [2.24, 2.45) is 5.41 Å². The summed E-state index contributed by atoms with van der Waals surface area (Å²) in [6, 6.07) is 3.09. The van der Waals surface area contributed by atoms with Gasteiger partial charge in [-0.05, 0) is 53.4 Å². The quantitative estimate of drug-likeness (QED) is 0.831. The topological polar surface area (TPSA) is 53.6 Å². The van der Waals surface area contributed by atoms with E-state index in [-0.39, 0.29) is 5.41 Å². The third-order valence-electron chi connectivity index (χ3n) is 4.15. The lowest BCUT2D eigenvalue weighted by molar-refractivity contribution is 0.404. The van der Waals surface area contributed by atoms with Gasteiger partial charge in [0, 0.05) is 30.4 Å². The predicted molar refractivity (Wildman–Crippen MR) is 80.2 cm³/mol. The molecule has 1 aromatic heterocycles. The van der Waals surface area contributed by atoms with Gasteiger partial charge in [-0.3, -0.25) is 4.68 Å². The molecule has 0 spiro atoms. The number of nitriles is 1. The number of nitrogens with zero attached hydrogens (tertiary/aromatic N) is 3. The van der Waals surface area contributed by atoms with Gasteiger partial charge in [-0.1, -0.05) is 0 Å². The zero-order valence-corrected chi connectivity index (χ0v) is 13.2. The Morgan fingerprint density at radius 1 is 1.40 bits per heavy atom. The Balaban J connectivity index is 1.91. The Morgan fingerprint density at radius 3 is 2.70 bits per heavy atom. The Kier molecular flexibility index (Phi) is 4.49. The third-order valence-corrected chi connectivity index (χ3v) is 4.15. The van der Waals surface area contributed by atoms with E-state index in [9.17, 15) is 0 Å². The molecule has 1 aromatic rings. The van der Waals surface area contributed by atoms with Crippen molar-refractivity contribution < 1.29 is 0 Å². The van der Waals surface area contributed by atoms with Crippen LogP contribution in [0.15, 0.2) is 0 Å². The van der Waals surface area contributed by atoms with Crippen molar-refractivity contribution in [3.63, 3.8) is 0 Å². The number of hydrogen-bond acceptors (Lipinski definition) is 3. The summed E-state index contributed by atoms with van der Waals surface area (Å²) in [5, 5.41) is 17.2. The summed E-state index contributed by atoms with van der Waals surface area (Å²) in [6.07, 6.45) is 4.54. The summed E-state index contributed by atoms with van der Waals surface area (Å²) < 4.78 is 2.10. The first-order valence-electron chi connectivity index (χ1n) is 7.60. The standard InChI is InChI=1S/C16H26N4/c1-12-15(10-18-14-6-7-14)13(2)20(19-12)9-5-8-16(3,4)11-17/h14,18H,5-10H2,1-4H3. The molecule has 0 aromatic carbocycles. The molecule has 1 aliphatic carbocycles. The summed E-state index contributed by atoms with van der Waals surface area (Å²) >= 11 is 0. The summed E-state index contributed by atoms with van der Waals surface area (Å²) in [5.41, 5.74) is 3.52. The van der Waals surface area contributed by atoms with Gasteiger partial charge >= 0.3 is 0 Å². The molecule has 0 bridgehead atoms. The zero-order chi connectivity index (χ0) is 14.8. The van der Waals surface area contributed by atoms with E-state index in [1.807, 2.05) is 13.8 Å². The van der Waals surface area contributed by atoms with Crippen molar-refractivity contribution >= 4 is 0 Å². The van der Waals surface area contributed by atoms with Crippen LogP contribution in [0.4, 0.5) is 0 Å². The molecule has 2 rings (SSSR count). The highest BCUT2D eigenvalue weighted by Gasteiger charge is 2.22. The molecule has 4 heteroatoms. The molecule has 0 amide bonds. The van der Waals surface area contributed by atoms with Crippen molar-refractivity contribution in [1.82, 2.24) is 15.1 Å². The van der Waals surface area contributed by atoms with Gasteiger partial charge < -0.3 is 5.32 Å². The predicted octanol–water partition coefficient (Wildman–Crippen LogP) is 3.08. The van der Waals surface area contributed by atoms with Gasteiger partial charge in [0.05, 0.1) is 17.2 Å². The molecule has 0 aliphatic heterocycles. The van der Waals surface area contributed by atoms with Crippen LogP contribution < -0.4 is 5.32 Å². The van der Waals surface area contributed by atoms with Gasteiger partial charge in [-0.15, -0.1) is 0 Å². The average Bonchev–Trinajstić information content (AvgIpc) is 3.17. The zero-order valence-electron chi connectivity index (χ0n) is 13.2. The normalized spacial score (nSPS) is 15.3. The third kappa shape index (κ3) is 3.83. The second-order valence-corrected chi connectivity index (χ2v) is 6.63. The van der Waals surface area contributed by atoms with E-state index in [1.165, 1.54) is 24.1 Å². The molecule has 1 saturated carbocycles. The number of hydrogen-bond donors (Lipinski definition) is 1. The van der Waals surface area contributed by atoms with E-state index in [1.54, 1.807) is 0 Å². The fourth-order valence-electron chi connectivity index (χ4n) is 2.47. The molecule has 1 aliphatic rings. The van der Waals surface area contributed by atoms with Crippen molar-refractivity contribution in [1.29, 1.82) is 5.26 Å². The molecular weight excluding hydrogens is 248 g/mol. The fourth-order valence-corrected chi connectivity index (χ4v) is 2.47. The maximum atomic E-state index is 9.04. The van der Waals surface area contributed by atoms with Crippen LogP contribution in [-0.4, -0.2) is 15.8 Å². The number of aromatic nitrogens is 2. The molecule has 0 unspecified atom stereocenters. The largest absolute Gasteiger partial charge is 0.310 e. The minimum absolute atomic E-state index is 0.230. The van der Waals surface area contributed by atoms with Gasteiger partial charge in [-0.2, -0.15) is 10.4 Å². The van der Waals surface area contributed by atoms with Crippen molar-refractivity contribution in [2.75, 3.05) is 0 Å². The molecule has 20 heavy (non-hydrogen) atoms. The van der Waals surface area contributed by atoms with E-state index in [2.05, 4.69) is 35.0 Å². The fraction of sp³-hybridized carbons (Fsp3) is 0.750. The van der Waals surface area contributed by atoms with Gasteiger partial charge in [0.1, 0.15) is 0 Å². The van der Waals surface area contributed by atoms with E-state index in [4.69, 9.17) is 5.26 Å². The highest BCUT2D eigenvalue weighted by molar-refractivity contribution is 5.24. The van der Waals surface area contributed by atoms with Crippen molar-refractivity contribution in [3.05, 3.63) is 17.0 Å². The van der Waals surface area contributed by atoms with Gasteiger partial charge in [0.2, 0.25) is 0 Å². The molecule has 1 N–H and O–H groups in total. The van der Waals surface area contributed by atoms with Crippen LogP contribution in [0, 0.1) is 30.6 Å². The van der Waals surface area contributed by atoms with Crippen molar-refractivity contribution in [2.45, 2.75) is 72.5 Å². The van der Waals surface area contributed by atoms with Gasteiger partial charge in [-0.25, -0.2) is 0 Å². The maximum absolute atomic E-state index is 9.04. The molecule has 0 saturated heterocycles. The lowest BCUT2D eigenvalue weighted by Crippen LogP contribution is -2.16. The van der Waals surface area contributed by atoms with Crippen LogP contribution in [-0.2, 0) is 13.1 Å². The lowest BCUT2D eigenvalue weighted by atomic mass is 9.90. The second kappa shape index (κ2) is 5.97. The Morgan fingerprint density at radius 2 is 2.10 bits per heavy atom. The minimum Gasteiger partial charge on any atom is -0.310 e. The van der Waals surface area contributed by atoms with Crippen molar-refractivity contribution in [3.8, 4) is 6.07 Å². The Bertz CT molecular complexity index is 503. The van der Waals surface area contributed by atoms with Crippen LogP contribution in [0.3, 0.4) is 0 Å². The maximum Gasteiger partial charge on any atom is 0.0683 e. The number of aryl methyl sites for hydroxylation is 2. The first kappa shape index (κ1) is 15.1. The van der Waals surface area contributed by atoms with Gasteiger partial charge in [0.15, 0.2) is 0 Å². The van der Waals surface area contributed by atoms with E-state index < -0.39 is 0 Å². The Labute approximate surface area is 122 Å². The van der Waals surface area contributed by atoms with E-state index in [0.29, 0.717) is 0 Å². The number of rotatable bonds is 7. The lowest BCUT2D eigenvalue weighted by Gasteiger charge is -2.14. The van der Waals surface area contributed by atoms with Crippen LogP contribution in [0.5, 0.6) is 0 Å². The van der Waals surface area contributed by atoms with Gasteiger partial charge in [0.25, 0.3) is 0 Å².